The summed E-state index contributed by atoms with van der Waals surface area (Å²) >= 11 is 0. The fraction of sp³-hybridized carbons (Fsp3) is 0.792. The Hall–Kier alpha value is -1.94. The Kier molecular flexibility index (Phi) is 7.97. The molecule has 2 N–H and O–H groups in total. The van der Waals surface area contributed by atoms with Crippen LogP contribution in [0, 0.1) is 18.8 Å². The maximum atomic E-state index is 13.2. The first-order chi connectivity index (χ1) is 16.2. The van der Waals surface area contributed by atoms with Crippen molar-refractivity contribution in [1.29, 1.82) is 0 Å². The third kappa shape index (κ3) is 6.00. The van der Waals surface area contributed by atoms with Gasteiger partial charge in [-0.15, -0.1) is 0 Å². The molecule has 1 amide bonds. The number of anilines is 1. The summed E-state index contributed by atoms with van der Waals surface area (Å²) in [5.41, 5.74) is 1.07. The summed E-state index contributed by atoms with van der Waals surface area (Å²) in [6.45, 7) is 5.55. The second kappa shape index (κ2) is 10.8. The van der Waals surface area contributed by atoms with Gasteiger partial charge in [0.1, 0.15) is 17.8 Å². The maximum Gasteiger partial charge on any atom is 0.391 e. The third-order valence-electron chi connectivity index (χ3n) is 7.92. The smallest absolute Gasteiger partial charge is 0.391 e. The van der Waals surface area contributed by atoms with E-state index in [-0.39, 0.29) is 30.8 Å². The standard InChI is InChI=1S/C24H36F3N5O2/c1-16-21(23(34)32-10-6-19(7-11-32)31-12-8-20(33)9-13-31)29-15-30-22(16)28-14-17-2-4-18(5-3-17)24(25,26)27/h15,17-20,33H,2-14H2,1H3,(H,28,29,30). The van der Waals surface area contributed by atoms with Crippen LogP contribution in [0.1, 0.15) is 67.4 Å². The van der Waals surface area contributed by atoms with Gasteiger partial charge in [-0.2, -0.15) is 13.2 Å². The van der Waals surface area contributed by atoms with E-state index < -0.39 is 12.1 Å². The number of hydrogen-bond donors (Lipinski definition) is 2. The average molecular weight is 484 g/mol. The van der Waals surface area contributed by atoms with Crippen molar-refractivity contribution in [2.45, 2.75) is 76.6 Å². The quantitative estimate of drug-likeness (QED) is 0.666. The summed E-state index contributed by atoms with van der Waals surface area (Å²) in [4.78, 5) is 26.0. The van der Waals surface area contributed by atoms with Gasteiger partial charge >= 0.3 is 6.18 Å². The van der Waals surface area contributed by atoms with Crippen LogP contribution in [0.2, 0.25) is 0 Å². The third-order valence-corrected chi connectivity index (χ3v) is 7.92. The molecule has 4 rings (SSSR count). The highest BCUT2D eigenvalue weighted by Crippen LogP contribution is 2.39. The van der Waals surface area contributed by atoms with Crippen LogP contribution in [-0.4, -0.2) is 81.8 Å². The van der Waals surface area contributed by atoms with E-state index in [4.69, 9.17) is 0 Å². The van der Waals surface area contributed by atoms with Crippen molar-refractivity contribution < 1.29 is 23.1 Å². The van der Waals surface area contributed by atoms with Crippen molar-refractivity contribution in [3.8, 4) is 0 Å². The Morgan fingerprint density at radius 2 is 1.68 bits per heavy atom. The minimum Gasteiger partial charge on any atom is -0.393 e. The van der Waals surface area contributed by atoms with Crippen LogP contribution in [0.3, 0.4) is 0 Å². The van der Waals surface area contributed by atoms with Crippen molar-refractivity contribution in [1.82, 2.24) is 19.8 Å². The van der Waals surface area contributed by atoms with E-state index in [1.54, 1.807) is 0 Å². The first-order valence-electron chi connectivity index (χ1n) is 12.6. The molecule has 190 valence electrons. The van der Waals surface area contributed by atoms with Crippen molar-refractivity contribution in [2.24, 2.45) is 11.8 Å². The summed E-state index contributed by atoms with van der Waals surface area (Å²) in [5, 5.41) is 13.0. The second-order valence-corrected chi connectivity index (χ2v) is 10.1. The normalized spacial score (nSPS) is 26.0. The molecule has 10 heteroatoms. The largest absolute Gasteiger partial charge is 0.393 e. The number of amides is 1. The van der Waals surface area contributed by atoms with Crippen LogP contribution < -0.4 is 5.32 Å². The Balaban J connectivity index is 1.28. The predicted molar refractivity (Wildman–Crippen MR) is 123 cm³/mol. The van der Waals surface area contributed by atoms with Crippen LogP contribution in [0.4, 0.5) is 19.0 Å². The molecule has 1 aromatic rings. The minimum atomic E-state index is -4.10. The number of aliphatic hydroxyl groups is 1. The number of likely N-dealkylation sites (tertiary alicyclic amines) is 2. The number of carbonyl (C=O) groups excluding carboxylic acids is 1. The average Bonchev–Trinajstić information content (AvgIpc) is 2.83. The molecule has 1 aromatic heterocycles. The highest BCUT2D eigenvalue weighted by atomic mass is 19.4. The summed E-state index contributed by atoms with van der Waals surface area (Å²) in [6.07, 6.45) is 2.00. The number of halogens is 3. The molecule has 0 bridgehead atoms. The zero-order chi connectivity index (χ0) is 24.3. The molecule has 0 aromatic carbocycles. The van der Waals surface area contributed by atoms with E-state index >= 15 is 0 Å². The van der Waals surface area contributed by atoms with E-state index in [0.717, 1.165) is 38.8 Å². The lowest BCUT2D eigenvalue weighted by atomic mass is 9.81. The van der Waals surface area contributed by atoms with Gasteiger partial charge in [0.15, 0.2) is 0 Å². The number of aromatic nitrogens is 2. The topological polar surface area (TPSA) is 81.6 Å². The van der Waals surface area contributed by atoms with Gasteiger partial charge in [0.05, 0.1) is 12.0 Å². The van der Waals surface area contributed by atoms with Gasteiger partial charge in [0.2, 0.25) is 0 Å². The molecule has 0 radical (unpaired) electrons. The SMILES string of the molecule is Cc1c(NCC2CCC(C(F)(F)F)CC2)ncnc1C(=O)N1CCC(N2CCC(O)CC2)CC1. The number of carbonyl (C=O) groups is 1. The molecule has 1 saturated carbocycles. The van der Waals surface area contributed by atoms with Gasteiger partial charge in [-0.1, -0.05) is 0 Å². The molecule has 0 unspecified atom stereocenters. The number of hydrogen-bond acceptors (Lipinski definition) is 6. The number of aliphatic hydroxyl groups excluding tert-OH is 1. The molecule has 3 fully saturated rings. The fourth-order valence-corrected chi connectivity index (χ4v) is 5.61. The lowest BCUT2D eigenvalue weighted by Gasteiger charge is -2.41. The van der Waals surface area contributed by atoms with E-state index in [1.165, 1.54) is 6.33 Å². The van der Waals surface area contributed by atoms with Crippen LogP contribution in [0.25, 0.3) is 0 Å². The molecule has 34 heavy (non-hydrogen) atoms. The van der Waals surface area contributed by atoms with Gasteiger partial charge in [0.25, 0.3) is 5.91 Å². The Morgan fingerprint density at radius 1 is 1.03 bits per heavy atom. The van der Waals surface area contributed by atoms with Crippen LogP contribution >= 0.6 is 0 Å². The van der Waals surface area contributed by atoms with Crippen molar-refractivity contribution in [2.75, 3.05) is 38.0 Å². The van der Waals surface area contributed by atoms with Crippen LogP contribution in [-0.2, 0) is 0 Å². The number of nitrogens with zero attached hydrogens (tertiary/aromatic N) is 4. The number of piperidine rings is 2. The molecule has 3 heterocycles. The maximum absolute atomic E-state index is 13.2. The molecule has 0 atom stereocenters. The predicted octanol–water partition coefficient (Wildman–Crippen LogP) is 3.63. The highest BCUT2D eigenvalue weighted by molar-refractivity contribution is 5.94. The van der Waals surface area contributed by atoms with E-state index in [1.807, 2.05) is 11.8 Å². The summed E-state index contributed by atoms with van der Waals surface area (Å²) in [7, 11) is 0. The highest BCUT2D eigenvalue weighted by Gasteiger charge is 2.41. The van der Waals surface area contributed by atoms with Crippen LogP contribution in [0.5, 0.6) is 0 Å². The van der Waals surface area contributed by atoms with Crippen molar-refractivity contribution in [3.63, 3.8) is 0 Å². The second-order valence-electron chi connectivity index (χ2n) is 10.1. The first kappa shape index (κ1) is 25.2. The number of alkyl halides is 3. The zero-order valence-corrected chi connectivity index (χ0v) is 19.9. The molecule has 7 nitrogen and oxygen atoms in total. The summed E-state index contributed by atoms with van der Waals surface area (Å²) < 4.78 is 38.7. The van der Waals surface area contributed by atoms with Gasteiger partial charge in [0, 0.05) is 44.3 Å². The molecule has 2 saturated heterocycles. The number of nitrogens with one attached hydrogen (secondary N) is 1. The first-order valence-corrected chi connectivity index (χ1v) is 12.6. The molecule has 1 aliphatic carbocycles. The van der Waals surface area contributed by atoms with Crippen LogP contribution in [0.15, 0.2) is 6.33 Å². The monoisotopic (exact) mass is 483 g/mol. The van der Waals surface area contributed by atoms with Gasteiger partial charge in [-0.3, -0.25) is 4.79 Å². The van der Waals surface area contributed by atoms with Crippen molar-refractivity contribution >= 4 is 11.7 Å². The van der Waals surface area contributed by atoms with E-state index in [0.29, 0.717) is 55.6 Å². The van der Waals surface area contributed by atoms with Gasteiger partial charge < -0.3 is 20.2 Å². The lowest BCUT2D eigenvalue weighted by molar-refractivity contribution is -0.183. The van der Waals surface area contributed by atoms with E-state index in [9.17, 15) is 23.1 Å². The van der Waals surface area contributed by atoms with Crippen molar-refractivity contribution in [3.05, 3.63) is 17.6 Å². The number of rotatable bonds is 5. The molecular weight excluding hydrogens is 447 g/mol. The summed E-state index contributed by atoms with van der Waals surface area (Å²) in [6, 6.07) is 0.452. The minimum absolute atomic E-state index is 0.0962. The summed E-state index contributed by atoms with van der Waals surface area (Å²) in [5.74, 6) is -0.527. The fourth-order valence-electron chi connectivity index (χ4n) is 5.61. The van der Waals surface area contributed by atoms with Gasteiger partial charge in [-0.25, -0.2) is 9.97 Å². The van der Waals surface area contributed by atoms with E-state index in [2.05, 4.69) is 20.2 Å². The zero-order valence-electron chi connectivity index (χ0n) is 19.9. The molecular formula is C24H36F3N5O2. The molecule has 2 aliphatic heterocycles. The Labute approximate surface area is 199 Å². The van der Waals surface area contributed by atoms with Gasteiger partial charge in [-0.05, 0) is 64.2 Å². The Morgan fingerprint density at radius 3 is 2.29 bits per heavy atom. The Bertz CT molecular complexity index is 828. The lowest BCUT2D eigenvalue weighted by Crippen LogP contribution is -2.49. The molecule has 0 spiro atoms. The molecule has 3 aliphatic rings.